The predicted molar refractivity (Wildman–Crippen MR) is 74.6 cm³/mol. The molecular formula is C13H10BrClN2O. The highest BCUT2D eigenvalue weighted by Gasteiger charge is 2.07. The SMILES string of the molecule is O=C(NCc1ccccc1Br)c1cc(Cl)ccn1. The van der Waals surface area contributed by atoms with Crippen molar-refractivity contribution in [2.75, 3.05) is 0 Å². The molecule has 0 aliphatic heterocycles. The molecule has 2 rings (SSSR count). The summed E-state index contributed by atoms with van der Waals surface area (Å²) in [4.78, 5) is 15.8. The molecule has 0 aliphatic rings. The number of pyridine rings is 1. The van der Waals surface area contributed by atoms with Crippen LogP contribution in [0.15, 0.2) is 47.1 Å². The zero-order valence-electron chi connectivity index (χ0n) is 9.36. The van der Waals surface area contributed by atoms with E-state index in [1.807, 2.05) is 24.3 Å². The maximum absolute atomic E-state index is 11.8. The Morgan fingerprint density at radius 3 is 2.83 bits per heavy atom. The van der Waals surface area contributed by atoms with Gasteiger partial charge >= 0.3 is 0 Å². The predicted octanol–water partition coefficient (Wildman–Crippen LogP) is 3.43. The zero-order valence-corrected chi connectivity index (χ0v) is 11.7. The molecule has 0 fully saturated rings. The lowest BCUT2D eigenvalue weighted by Crippen LogP contribution is -2.23. The van der Waals surface area contributed by atoms with Crippen LogP contribution in [0.25, 0.3) is 0 Å². The van der Waals surface area contributed by atoms with Crippen LogP contribution in [-0.2, 0) is 6.54 Å². The van der Waals surface area contributed by atoms with Crippen molar-refractivity contribution in [3.8, 4) is 0 Å². The molecule has 0 atom stereocenters. The second-order valence-corrected chi connectivity index (χ2v) is 4.92. The van der Waals surface area contributed by atoms with E-state index < -0.39 is 0 Å². The Bertz CT molecular complexity index is 574. The number of aromatic nitrogens is 1. The van der Waals surface area contributed by atoms with E-state index in [1.165, 1.54) is 12.3 Å². The second kappa shape index (κ2) is 5.98. The molecule has 3 nitrogen and oxygen atoms in total. The molecule has 1 aromatic heterocycles. The fourth-order valence-corrected chi connectivity index (χ4v) is 2.02. The summed E-state index contributed by atoms with van der Waals surface area (Å²) in [6.07, 6.45) is 1.51. The summed E-state index contributed by atoms with van der Waals surface area (Å²) < 4.78 is 0.962. The number of carbonyl (C=O) groups excluding carboxylic acids is 1. The Kier molecular flexibility index (Phi) is 4.33. The Hall–Kier alpha value is -1.39. The molecule has 0 aliphatic carbocycles. The van der Waals surface area contributed by atoms with Crippen LogP contribution in [0.5, 0.6) is 0 Å². The van der Waals surface area contributed by atoms with Crippen molar-refractivity contribution in [3.63, 3.8) is 0 Å². The average Bonchev–Trinajstić information content (AvgIpc) is 2.37. The molecule has 0 unspecified atom stereocenters. The van der Waals surface area contributed by atoms with Gasteiger partial charge in [0.05, 0.1) is 0 Å². The maximum Gasteiger partial charge on any atom is 0.270 e. The van der Waals surface area contributed by atoms with E-state index >= 15 is 0 Å². The van der Waals surface area contributed by atoms with Gasteiger partial charge in [0.2, 0.25) is 0 Å². The highest BCUT2D eigenvalue weighted by molar-refractivity contribution is 9.10. The standard InChI is InChI=1S/C13H10BrClN2O/c14-11-4-2-1-3-9(11)8-17-13(18)12-7-10(15)5-6-16-12/h1-7H,8H2,(H,17,18). The summed E-state index contributed by atoms with van der Waals surface area (Å²) in [5, 5.41) is 3.29. The number of hydrogen-bond donors (Lipinski definition) is 1. The van der Waals surface area contributed by atoms with Gasteiger partial charge in [-0.25, -0.2) is 0 Å². The van der Waals surface area contributed by atoms with Gasteiger partial charge in [0, 0.05) is 22.2 Å². The lowest BCUT2D eigenvalue weighted by atomic mass is 10.2. The molecule has 1 amide bonds. The summed E-state index contributed by atoms with van der Waals surface area (Å²) in [5.41, 5.74) is 1.32. The van der Waals surface area contributed by atoms with Gasteiger partial charge in [-0.15, -0.1) is 0 Å². The molecular weight excluding hydrogens is 316 g/mol. The third-order valence-corrected chi connectivity index (χ3v) is 3.36. The number of halogens is 2. The van der Waals surface area contributed by atoms with Crippen molar-refractivity contribution >= 4 is 33.4 Å². The Labute approximate surface area is 118 Å². The molecule has 0 saturated carbocycles. The molecule has 1 heterocycles. The third-order valence-electron chi connectivity index (χ3n) is 2.35. The third kappa shape index (κ3) is 3.31. The van der Waals surface area contributed by atoms with E-state index in [0.717, 1.165) is 10.0 Å². The summed E-state index contributed by atoms with van der Waals surface area (Å²) in [6, 6.07) is 10.9. The van der Waals surface area contributed by atoms with Gasteiger partial charge in [0.25, 0.3) is 5.91 Å². The van der Waals surface area contributed by atoms with E-state index in [0.29, 0.717) is 17.3 Å². The highest BCUT2D eigenvalue weighted by atomic mass is 79.9. The lowest BCUT2D eigenvalue weighted by molar-refractivity contribution is 0.0946. The van der Waals surface area contributed by atoms with Crippen LogP contribution < -0.4 is 5.32 Å². The fraction of sp³-hybridized carbons (Fsp3) is 0.0769. The van der Waals surface area contributed by atoms with Gasteiger partial charge in [-0.05, 0) is 23.8 Å². The van der Waals surface area contributed by atoms with Crippen LogP contribution in [0.1, 0.15) is 16.1 Å². The number of hydrogen-bond acceptors (Lipinski definition) is 2. The Balaban J connectivity index is 2.03. The van der Waals surface area contributed by atoms with Gasteiger partial charge in [-0.3, -0.25) is 9.78 Å². The minimum absolute atomic E-state index is 0.242. The maximum atomic E-state index is 11.8. The van der Waals surface area contributed by atoms with E-state index in [9.17, 15) is 4.79 Å². The van der Waals surface area contributed by atoms with Gasteiger partial charge in [0.1, 0.15) is 5.69 Å². The first-order valence-electron chi connectivity index (χ1n) is 5.30. The highest BCUT2D eigenvalue weighted by Crippen LogP contribution is 2.15. The quantitative estimate of drug-likeness (QED) is 0.939. The molecule has 92 valence electrons. The number of amides is 1. The summed E-state index contributed by atoms with van der Waals surface area (Å²) in [7, 11) is 0. The van der Waals surface area contributed by atoms with Gasteiger partial charge < -0.3 is 5.32 Å². The van der Waals surface area contributed by atoms with Crippen molar-refractivity contribution in [1.82, 2.24) is 10.3 Å². The van der Waals surface area contributed by atoms with Crippen LogP contribution in [0.2, 0.25) is 5.02 Å². The van der Waals surface area contributed by atoms with E-state index in [4.69, 9.17) is 11.6 Å². The first-order chi connectivity index (χ1) is 8.66. The molecule has 1 aromatic carbocycles. The van der Waals surface area contributed by atoms with Crippen LogP contribution in [0.4, 0.5) is 0 Å². The van der Waals surface area contributed by atoms with Crippen molar-refractivity contribution < 1.29 is 4.79 Å². The molecule has 0 bridgehead atoms. The van der Waals surface area contributed by atoms with Gasteiger partial charge in [-0.1, -0.05) is 45.7 Å². The largest absolute Gasteiger partial charge is 0.347 e. The number of benzene rings is 1. The van der Waals surface area contributed by atoms with Crippen LogP contribution in [-0.4, -0.2) is 10.9 Å². The van der Waals surface area contributed by atoms with Crippen molar-refractivity contribution in [3.05, 3.63) is 63.3 Å². The smallest absolute Gasteiger partial charge is 0.270 e. The number of nitrogens with one attached hydrogen (secondary N) is 1. The number of rotatable bonds is 3. The van der Waals surface area contributed by atoms with E-state index in [2.05, 4.69) is 26.2 Å². The molecule has 2 aromatic rings. The normalized spacial score (nSPS) is 10.1. The molecule has 18 heavy (non-hydrogen) atoms. The minimum Gasteiger partial charge on any atom is -0.347 e. The molecule has 1 N–H and O–H groups in total. The van der Waals surface area contributed by atoms with Gasteiger partial charge in [0.15, 0.2) is 0 Å². The van der Waals surface area contributed by atoms with Crippen LogP contribution >= 0.6 is 27.5 Å². The van der Waals surface area contributed by atoms with Crippen LogP contribution in [0, 0.1) is 0 Å². The summed E-state index contributed by atoms with van der Waals surface area (Å²) in [6.45, 7) is 0.439. The van der Waals surface area contributed by atoms with E-state index in [-0.39, 0.29) is 5.91 Å². The molecule has 0 saturated heterocycles. The van der Waals surface area contributed by atoms with Crippen molar-refractivity contribution in [1.29, 1.82) is 0 Å². The van der Waals surface area contributed by atoms with E-state index in [1.54, 1.807) is 6.07 Å². The number of carbonyl (C=O) groups is 1. The second-order valence-electron chi connectivity index (χ2n) is 3.63. The first kappa shape index (κ1) is 13.1. The summed E-state index contributed by atoms with van der Waals surface area (Å²) >= 11 is 9.23. The molecule has 5 heteroatoms. The average molecular weight is 326 g/mol. The van der Waals surface area contributed by atoms with Crippen molar-refractivity contribution in [2.45, 2.75) is 6.54 Å². The summed E-state index contributed by atoms with van der Waals surface area (Å²) in [5.74, 6) is -0.242. The molecule has 0 radical (unpaired) electrons. The van der Waals surface area contributed by atoms with Crippen molar-refractivity contribution in [2.24, 2.45) is 0 Å². The zero-order chi connectivity index (χ0) is 13.0. The minimum atomic E-state index is -0.242. The lowest BCUT2D eigenvalue weighted by Gasteiger charge is -2.06. The van der Waals surface area contributed by atoms with Gasteiger partial charge in [-0.2, -0.15) is 0 Å². The molecule has 0 spiro atoms. The fourth-order valence-electron chi connectivity index (χ4n) is 1.44. The first-order valence-corrected chi connectivity index (χ1v) is 6.47. The Morgan fingerprint density at radius 2 is 2.11 bits per heavy atom. The monoisotopic (exact) mass is 324 g/mol. The Morgan fingerprint density at radius 1 is 1.33 bits per heavy atom. The topological polar surface area (TPSA) is 42.0 Å². The van der Waals surface area contributed by atoms with Crippen LogP contribution in [0.3, 0.4) is 0 Å². The number of nitrogens with zero attached hydrogens (tertiary/aromatic N) is 1.